The molecule has 0 amide bonds. The maximum Gasteiger partial charge on any atom is 0.243 e. The van der Waals surface area contributed by atoms with Gasteiger partial charge in [-0.15, -0.1) is 10.2 Å². The van der Waals surface area contributed by atoms with E-state index in [1.165, 1.54) is 0 Å². The van der Waals surface area contributed by atoms with Crippen LogP contribution in [0.1, 0.15) is 30.7 Å². The largest absolute Gasteiger partial charge is 0.352 e. The van der Waals surface area contributed by atoms with Crippen LogP contribution in [0.2, 0.25) is 0 Å². The number of pyridine rings is 1. The fourth-order valence-corrected chi connectivity index (χ4v) is 5.46. The van der Waals surface area contributed by atoms with Crippen LogP contribution < -0.4 is 10.6 Å². The highest BCUT2D eigenvalue weighted by atomic mass is 32.2. The zero-order valence-corrected chi connectivity index (χ0v) is 18.3. The summed E-state index contributed by atoms with van der Waals surface area (Å²) < 4.78 is 29.8. The number of guanidine groups is 1. The number of nitrogens with one attached hydrogen (secondary N) is 2. The molecule has 0 aliphatic carbocycles. The second-order valence-corrected chi connectivity index (χ2v) is 9.30. The lowest BCUT2D eigenvalue weighted by Gasteiger charge is -2.27. The lowest BCUT2D eigenvalue weighted by Crippen LogP contribution is -2.38. The van der Waals surface area contributed by atoms with Crippen molar-refractivity contribution in [2.75, 3.05) is 20.1 Å². The molecule has 0 unspecified atom stereocenters. The fourth-order valence-electron chi connectivity index (χ4n) is 3.72. The molecule has 1 saturated heterocycles. The van der Waals surface area contributed by atoms with Gasteiger partial charge in [-0.2, -0.15) is 4.31 Å². The molecule has 10 heteroatoms. The molecule has 1 fully saturated rings. The highest BCUT2D eigenvalue weighted by Crippen LogP contribution is 2.23. The number of fused-ring (bicyclic) bond motifs is 1. The second-order valence-electron chi connectivity index (χ2n) is 7.40. The summed E-state index contributed by atoms with van der Waals surface area (Å²) in [6.07, 6.45) is 4.81. The molecular weight excluding hydrogens is 414 g/mol. The summed E-state index contributed by atoms with van der Waals surface area (Å²) in [4.78, 5) is 4.59. The summed E-state index contributed by atoms with van der Waals surface area (Å²) in [5.74, 6) is 1.31. The average molecular weight is 442 g/mol. The normalized spacial score (nSPS) is 15.8. The molecule has 2 aromatic heterocycles. The van der Waals surface area contributed by atoms with Crippen molar-refractivity contribution < 1.29 is 8.42 Å². The first kappa shape index (κ1) is 21.3. The van der Waals surface area contributed by atoms with Crippen LogP contribution >= 0.6 is 0 Å². The average Bonchev–Trinajstić information content (AvgIpc) is 3.23. The predicted octanol–water partition coefficient (Wildman–Crippen LogP) is 1.77. The Morgan fingerprint density at radius 1 is 1.00 bits per heavy atom. The highest BCUT2D eigenvalue weighted by Gasteiger charge is 2.27. The molecule has 9 nitrogen and oxygen atoms in total. The molecule has 1 aromatic carbocycles. The van der Waals surface area contributed by atoms with Crippen LogP contribution in [0.5, 0.6) is 0 Å². The van der Waals surface area contributed by atoms with E-state index in [-0.39, 0.29) is 0 Å². The molecule has 164 valence electrons. The molecule has 0 spiro atoms. The van der Waals surface area contributed by atoms with E-state index < -0.39 is 10.0 Å². The number of hydrogen-bond acceptors (Lipinski definition) is 5. The minimum absolute atomic E-state index is 0.337. The van der Waals surface area contributed by atoms with Gasteiger partial charge in [0.25, 0.3) is 0 Å². The van der Waals surface area contributed by atoms with Crippen molar-refractivity contribution in [1.29, 1.82) is 0 Å². The van der Waals surface area contributed by atoms with Gasteiger partial charge in [0.2, 0.25) is 10.0 Å². The number of aliphatic imine (C=N–C) groups is 1. The first-order valence-corrected chi connectivity index (χ1v) is 11.8. The predicted molar refractivity (Wildman–Crippen MR) is 119 cm³/mol. The molecule has 0 radical (unpaired) electrons. The van der Waals surface area contributed by atoms with E-state index >= 15 is 0 Å². The Balaban J connectivity index is 1.43. The molecule has 3 aromatic rings. The van der Waals surface area contributed by atoms with Crippen LogP contribution in [0.25, 0.3) is 5.65 Å². The van der Waals surface area contributed by atoms with E-state index in [1.807, 2.05) is 40.9 Å². The van der Waals surface area contributed by atoms with Crippen LogP contribution in [0, 0.1) is 0 Å². The third-order valence-electron chi connectivity index (χ3n) is 5.37. The van der Waals surface area contributed by atoms with E-state index in [1.54, 1.807) is 23.5 Å². The van der Waals surface area contributed by atoms with E-state index in [4.69, 9.17) is 0 Å². The standard InChI is InChI=1S/C21H27N7O2S/c1-22-21(24-16-20-26-25-19-11-5-8-14-28(19)20)23-15-17-9-3-4-10-18(17)31(29,30)27-12-6-2-7-13-27/h3-5,8-11,14H,2,6-7,12-13,15-16H2,1H3,(H2,22,23,24). The topological polar surface area (TPSA) is 104 Å². The summed E-state index contributed by atoms with van der Waals surface area (Å²) in [5.41, 5.74) is 1.49. The Labute approximate surface area is 182 Å². The number of aromatic nitrogens is 3. The quantitative estimate of drug-likeness (QED) is 0.446. The fraction of sp³-hybridized carbons (Fsp3) is 0.381. The van der Waals surface area contributed by atoms with Gasteiger partial charge in [0, 0.05) is 32.9 Å². The van der Waals surface area contributed by atoms with Crippen molar-refractivity contribution in [2.45, 2.75) is 37.2 Å². The Hall–Kier alpha value is -2.98. The van der Waals surface area contributed by atoms with Crippen LogP contribution in [-0.2, 0) is 23.1 Å². The van der Waals surface area contributed by atoms with Crippen molar-refractivity contribution in [3.8, 4) is 0 Å². The van der Waals surface area contributed by atoms with E-state index in [0.717, 1.165) is 30.7 Å². The Morgan fingerprint density at radius 3 is 2.55 bits per heavy atom. The zero-order valence-electron chi connectivity index (χ0n) is 17.5. The number of hydrogen-bond donors (Lipinski definition) is 2. The van der Waals surface area contributed by atoms with Gasteiger partial charge < -0.3 is 10.6 Å². The Bertz CT molecular complexity index is 1170. The number of rotatable bonds is 6. The van der Waals surface area contributed by atoms with E-state index in [2.05, 4.69) is 25.8 Å². The van der Waals surface area contributed by atoms with Gasteiger partial charge in [-0.05, 0) is 36.6 Å². The van der Waals surface area contributed by atoms with Gasteiger partial charge in [-0.1, -0.05) is 30.7 Å². The summed E-state index contributed by atoms with van der Waals surface area (Å²) in [7, 11) is -1.83. The van der Waals surface area contributed by atoms with E-state index in [9.17, 15) is 8.42 Å². The zero-order chi connectivity index (χ0) is 21.7. The monoisotopic (exact) mass is 441 g/mol. The maximum absolute atomic E-state index is 13.2. The first-order valence-electron chi connectivity index (χ1n) is 10.4. The molecule has 2 N–H and O–H groups in total. The van der Waals surface area contributed by atoms with E-state index in [0.29, 0.717) is 42.6 Å². The summed E-state index contributed by atoms with van der Waals surface area (Å²) in [6.45, 7) is 1.93. The molecule has 31 heavy (non-hydrogen) atoms. The summed E-state index contributed by atoms with van der Waals surface area (Å²) in [6, 6.07) is 12.9. The minimum atomic E-state index is -3.51. The van der Waals surface area contributed by atoms with Crippen molar-refractivity contribution in [3.05, 3.63) is 60.0 Å². The Kier molecular flexibility index (Phi) is 6.47. The van der Waals surface area contributed by atoms with Crippen molar-refractivity contribution in [2.24, 2.45) is 4.99 Å². The number of piperidine rings is 1. The molecule has 1 aliphatic rings. The maximum atomic E-state index is 13.2. The molecule has 1 aliphatic heterocycles. The lowest BCUT2D eigenvalue weighted by molar-refractivity contribution is 0.346. The molecule has 0 saturated carbocycles. The minimum Gasteiger partial charge on any atom is -0.352 e. The molecular formula is C21H27N7O2S. The van der Waals surface area contributed by atoms with Gasteiger partial charge in [-0.25, -0.2) is 8.42 Å². The van der Waals surface area contributed by atoms with Crippen LogP contribution in [0.3, 0.4) is 0 Å². The van der Waals surface area contributed by atoms with Gasteiger partial charge in [0.05, 0.1) is 11.4 Å². The Morgan fingerprint density at radius 2 is 1.74 bits per heavy atom. The SMILES string of the molecule is CN=C(NCc1ccccc1S(=O)(=O)N1CCCCC1)NCc1nnc2ccccn12. The first-order chi connectivity index (χ1) is 15.1. The number of nitrogens with zero attached hydrogens (tertiary/aromatic N) is 5. The van der Waals surface area contributed by atoms with Crippen LogP contribution in [0.4, 0.5) is 0 Å². The van der Waals surface area contributed by atoms with Gasteiger partial charge >= 0.3 is 0 Å². The molecule has 4 rings (SSSR count). The smallest absolute Gasteiger partial charge is 0.243 e. The molecule has 0 bridgehead atoms. The molecule has 3 heterocycles. The number of sulfonamides is 1. The van der Waals surface area contributed by atoms with Gasteiger partial charge in [-0.3, -0.25) is 9.39 Å². The summed E-state index contributed by atoms with van der Waals surface area (Å²) >= 11 is 0. The van der Waals surface area contributed by atoms with Crippen molar-refractivity contribution >= 4 is 21.6 Å². The van der Waals surface area contributed by atoms with Crippen molar-refractivity contribution in [3.63, 3.8) is 0 Å². The second kappa shape index (κ2) is 9.44. The number of benzene rings is 1. The third kappa shape index (κ3) is 4.70. The van der Waals surface area contributed by atoms with Crippen molar-refractivity contribution in [1.82, 2.24) is 29.5 Å². The highest BCUT2D eigenvalue weighted by molar-refractivity contribution is 7.89. The van der Waals surface area contributed by atoms with Crippen LogP contribution in [0.15, 0.2) is 58.5 Å². The van der Waals surface area contributed by atoms with Crippen LogP contribution in [-0.4, -0.2) is 53.4 Å². The van der Waals surface area contributed by atoms with Gasteiger partial charge in [0.1, 0.15) is 0 Å². The molecule has 0 atom stereocenters. The van der Waals surface area contributed by atoms with Gasteiger partial charge in [0.15, 0.2) is 17.4 Å². The summed E-state index contributed by atoms with van der Waals surface area (Å²) in [5, 5.41) is 14.8. The third-order valence-corrected chi connectivity index (χ3v) is 7.37. The lowest BCUT2D eigenvalue weighted by atomic mass is 10.2.